The van der Waals surface area contributed by atoms with E-state index >= 15 is 0 Å². The van der Waals surface area contributed by atoms with Crippen LogP contribution in [-0.2, 0) is 34.1 Å². The number of nitrogens with one attached hydrogen (secondary N) is 1. The van der Waals surface area contributed by atoms with Gasteiger partial charge in [-0.2, -0.15) is 4.31 Å². The number of aliphatic hydroxyl groups excluding tert-OH is 1. The van der Waals surface area contributed by atoms with Gasteiger partial charge in [0.15, 0.2) is 0 Å². The normalized spacial score (nSPS) is 14.8. The number of aryl methyl sites for hydroxylation is 2. The lowest BCUT2D eigenvalue weighted by Crippen LogP contribution is -2.47. The van der Waals surface area contributed by atoms with E-state index in [0.29, 0.717) is 17.9 Å². The summed E-state index contributed by atoms with van der Waals surface area (Å²) in [5.74, 6) is -0.314. The summed E-state index contributed by atoms with van der Waals surface area (Å²) in [6.07, 6.45) is 2.65. The molecule has 1 aliphatic rings. The Balaban J connectivity index is 1.36. The van der Waals surface area contributed by atoms with E-state index in [2.05, 4.69) is 43.4 Å². The molecule has 0 aromatic heterocycles. The molecule has 0 fully saturated rings. The van der Waals surface area contributed by atoms with Crippen LogP contribution in [0.3, 0.4) is 0 Å². The molecule has 0 saturated heterocycles. The third-order valence-electron chi connectivity index (χ3n) is 8.02. The fraction of sp³-hybridized carbons (Fsp3) is 0.424. The van der Waals surface area contributed by atoms with Crippen LogP contribution in [-0.4, -0.2) is 60.7 Å². The van der Waals surface area contributed by atoms with E-state index in [9.17, 15) is 18.3 Å². The Bertz CT molecular complexity index is 1460. The summed E-state index contributed by atoms with van der Waals surface area (Å²) in [4.78, 5) is 11.3. The molecule has 8 heteroatoms. The first-order valence-electron chi connectivity index (χ1n) is 14.2. The van der Waals surface area contributed by atoms with Gasteiger partial charge in [-0.3, -0.25) is 4.79 Å². The second-order valence-electron chi connectivity index (χ2n) is 12.0. The van der Waals surface area contributed by atoms with Gasteiger partial charge in [0, 0.05) is 32.1 Å². The number of aliphatic carboxylic acids is 1. The minimum absolute atomic E-state index is 0.0243. The number of hydrogen-bond acceptors (Lipinski definition) is 5. The molecular weight excluding hydrogens is 536 g/mol. The Labute approximate surface area is 244 Å². The highest BCUT2D eigenvalue weighted by Crippen LogP contribution is 2.32. The van der Waals surface area contributed by atoms with Gasteiger partial charge in [-0.1, -0.05) is 60.7 Å². The molecule has 220 valence electrons. The summed E-state index contributed by atoms with van der Waals surface area (Å²) >= 11 is 0. The third-order valence-corrected chi connectivity index (χ3v) is 10.0. The van der Waals surface area contributed by atoms with Crippen molar-refractivity contribution in [3.8, 4) is 11.1 Å². The topological polar surface area (TPSA) is 107 Å². The summed E-state index contributed by atoms with van der Waals surface area (Å²) < 4.78 is 28.1. The number of β-amino-alcohol motifs (C(OH)–C–C–N with tert-alkyl or cyclic N) is 1. The van der Waals surface area contributed by atoms with Crippen molar-refractivity contribution in [3.63, 3.8) is 0 Å². The molecule has 0 saturated carbocycles. The first-order chi connectivity index (χ1) is 19.4. The average Bonchev–Trinajstić information content (AvgIpc) is 3.32. The maximum atomic E-state index is 13.4. The number of aliphatic hydroxyl groups is 1. The van der Waals surface area contributed by atoms with Crippen LogP contribution in [0.1, 0.15) is 48.9 Å². The number of fused-ring (bicyclic) bond motifs is 1. The largest absolute Gasteiger partial charge is 0.481 e. The molecule has 0 bridgehead atoms. The predicted molar refractivity (Wildman–Crippen MR) is 162 cm³/mol. The summed E-state index contributed by atoms with van der Waals surface area (Å²) in [6, 6.07) is 21.3. The number of carboxylic acids is 1. The molecule has 3 N–H and O–H groups in total. The lowest BCUT2D eigenvalue weighted by molar-refractivity contribution is -0.136. The monoisotopic (exact) mass is 578 g/mol. The Morgan fingerprint density at radius 1 is 1.05 bits per heavy atom. The SMILES string of the molecule is Cc1cc(-c2ccccc2CCC(=O)O)ccc1S(=O)(=O)N(C)CC(O)CNC(C)(C)CC1Cc2ccccc2C1. The smallest absolute Gasteiger partial charge is 0.303 e. The molecule has 1 unspecified atom stereocenters. The predicted octanol–water partition coefficient (Wildman–Crippen LogP) is 4.83. The Kier molecular flexibility index (Phi) is 9.70. The molecule has 1 atom stereocenters. The summed E-state index contributed by atoms with van der Waals surface area (Å²) in [5, 5.41) is 23.3. The van der Waals surface area contributed by atoms with Gasteiger partial charge in [0.2, 0.25) is 10.0 Å². The lowest BCUT2D eigenvalue weighted by Gasteiger charge is -2.31. The molecule has 7 nitrogen and oxygen atoms in total. The van der Waals surface area contributed by atoms with E-state index < -0.39 is 22.1 Å². The van der Waals surface area contributed by atoms with Gasteiger partial charge in [-0.25, -0.2) is 8.42 Å². The van der Waals surface area contributed by atoms with Crippen LogP contribution >= 0.6 is 0 Å². The fourth-order valence-corrected chi connectivity index (χ4v) is 7.39. The highest BCUT2D eigenvalue weighted by atomic mass is 32.2. The molecule has 4 rings (SSSR count). The zero-order chi connectivity index (χ0) is 29.8. The maximum absolute atomic E-state index is 13.4. The van der Waals surface area contributed by atoms with E-state index in [1.54, 1.807) is 19.1 Å². The van der Waals surface area contributed by atoms with Gasteiger partial charge in [0.05, 0.1) is 11.0 Å². The van der Waals surface area contributed by atoms with Crippen molar-refractivity contribution >= 4 is 16.0 Å². The minimum Gasteiger partial charge on any atom is -0.481 e. The van der Waals surface area contributed by atoms with Crippen molar-refractivity contribution in [2.45, 2.75) is 69.4 Å². The van der Waals surface area contributed by atoms with Gasteiger partial charge in [0.25, 0.3) is 0 Å². The van der Waals surface area contributed by atoms with Crippen LogP contribution in [0.15, 0.2) is 71.6 Å². The molecule has 1 aliphatic carbocycles. The Morgan fingerprint density at radius 3 is 2.32 bits per heavy atom. The Hall–Kier alpha value is -3.04. The van der Waals surface area contributed by atoms with Crippen molar-refractivity contribution in [3.05, 3.63) is 89.0 Å². The molecule has 3 aromatic rings. The third kappa shape index (κ3) is 7.83. The highest BCUT2D eigenvalue weighted by Gasteiger charge is 2.30. The first-order valence-corrected chi connectivity index (χ1v) is 15.7. The maximum Gasteiger partial charge on any atom is 0.303 e. The summed E-state index contributed by atoms with van der Waals surface area (Å²) in [5.41, 5.74) is 5.86. The van der Waals surface area contributed by atoms with Gasteiger partial charge in [0.1, 0.15) is 0 Å². The van der Waals surface area contributed by atoms with Crippen LogP contribution in [0.5, 0.6) is 0 Å². The number of rotatable bonds is 13. The lowest BCUT2D eigenvalue weighted by atomic mass is 9.88. The van der Waals surface area contributed by atoms with Crippen molar-refractivity contribution in [2.24, 2.45) is 5.92 Å². The zero-order valence-electron chi connectivity index (χ0n) is 24.4. The van der Waals surface area contributed by atoms with Crippen molar-refractivity contribution < 1.29 is 23.4 Å². The quantitative estimate of drug-likeness (QED) is 0.268. The van der Waals surface area contributed by atoms with E-state index in [-0.39, 0.29) is 29.9 Å². The first kappa shape index (κ1) is 30.9. The zero-order valence-corrected chi connectivity index (χ0v) is 25.2. The molecule has 41 heavy (non-hydrogen) atoms. The van der Waals surface area contributed by atoms with Gasteiger partial charge < -0.3 is 15.5 Å². The van der Waals surface area contributed by atoms with E-state index in [4.69, 9.17) is 5.11 Å². The number of nitrogens with zero attached hydrogens (tertiary/aromatic N) is 1. The van der Waals surface area contributed by atoms with Crippen LogP contribution in [0.4, 0.5) is 0 Å². The molecular formula is C33H42N2O5S. The Morgan fingerprint density at radius 2 is 1.68 bits per heavy atom. The number of benzene rings is 3. The number of carbonyl (C=O) groups is 1. The molecule has 0 aliphatic heterocycles. The number of carboxylic acid groups (broad SMARTS) is 1. The van der Waals surface area contributed by atoms with Gasteiger partial charge in [-0.15, -0.1) is 0 Å². The van der Waals surface area contributed by atoms with Crippen molar-refractivity contribution in [1.29, 1.82) is 0 Å². The van der Waals surface area contributed by atoms with E-state index in [1.165, 1.54) is 22.5 Å². The molecule has 0 amide bonds. The number of sulfonamides is 1. The second kappa shape index (κ2) is 12.9. The standard InChI is InChI=1S/C33H42N2O5S/c1-23-17-28(30-12-8-7-9-25(30)14-16-32(37)38)13-15-31(23)41(39,40)35(4)22-29(36)21-34-33(2,3)20-24-18-26-10-5-6-11-27(26)19-24/h5-13,15,17,24,29,34,36H,14,16,18-22H2,1-4H3,(H,37,38). The highest BCUT2D eigenvalue weighted by molar-refractivity contribution is 7.89. The second-order valence-corrected chi connectivity index (χ2v) is 14.0. The minimum atomic E-state index is -3.83. The van der Waals surface area contributed by atoms with Gasteiger partial charge in [-0.05, 0) is 91.8 Å². The summed E-state index contributed by atoms with van der Waals surface area (Å²) in [7, 11) is -2.34. The number of likely N-dealkylation sites (N-methyl/N-ethyl adjacent to an activating group) is 1. The average molecular weight is 579 g/mol. The van der Waals surface area contributed by atoms with Crippen LogP contribution in [0.2, 0.25) is 0 Å². The van der Waals surface area contributed by atoms with Crippen LogP contribution < -0.4 is 5.32 Å². The molecule has 0 heterocycles. The van der Waals surface area contributed by atoms with Crippen molar-refractivity contribution in [2.75, 3.05) is 20.1 Å². The fourth-order valence-electron chi connectivity index (χ4n) is 5.98. The van der Waals surface area contributed by atoms with Crippen LogP contribution in [0, 0.1) is 12.8 Å². The van der Waals surface area contributed by atoms with E-state index in [1.807, 2.05) is 30.3 Å². The molecule has 0 radical (unpaired) electrons. The number of hydrogen-bond donors (Lipinski definition) is 3. The van der Waals surface area contributed by atoms with Crippen molar-refractivity contribution in [1.82, 2.24) is 9.62 Å². The molecule has 0 spiro atoms. The van der Waals surface area contributed by atoms with E-state index in [0.717, 1.165) is 36.0 Å². The van der Waals surface area contributed by atoms with Gasteiger partial charge >= 0.3 is 5.97 Å². The molecule has 3 aromatic carbocycles. The summed E-state index contributed by atoms with van der Waals surface area (Å²) in [6.45, 7) is 6.28. The van der Waals surface area contributed by atoms with Crippen LogP contribution in [0.25, 0.3) is 11.1 Å².